The molecule has 0 saturated heterocycles. The molecule has 0 bridgehead atoms. The van der Waals surface area contributed by atoms with Crippen molar-refractivity contribution in [2.75, 3.05) is 19.6 Å². The SMILES string of the molecule is Cc1cc2c3c(c1)N(c1ccccc1)c1ccccc1B3c1ccccc1-2.Cc1ccc2c(c1)B1c3ccccc3N(c3ccccc3)c3cccc-2c31.Cc1ccc2c3c1-c1ccccc1B3c1ccccc1N2c1ccccc1.Cc1cccc2c1B1c3ccccc3N(c3ccccc3)c3cccc-2c31. The fourth-order valence-electron chi connectivity index (χ4n) is 19.6. The highest BCUT2D eigenvalue weighted by Gasteiger charge is 2.47. The molecule has 4 nitrogen and oxygen atoms in total. The summed E-state index contributed by atoms with van der Waals surface area (Å²) >= 11 is 0. The molecule has 0 spiro atoms. The van der Waals surface area contributed by atoms with E-state index in [1.807, 2.05) is 0 Å². The van der Waals surface area contributed by atoms with Crippen LogP contribution in [0.25, 0.3) is 44.5 Å². The summed E-state index contributed by atoms with van der Waals surface area (Å²) in [6, 6.07) is 133. The van der Waals surface area contributed by atoms with Crippen molar-refractivity contribution in [2.45, 2.75) is 27.7 Å². The number of fused-ring (bicyclic) bond motifs is 20. The Morgan fingerprint density at radius 2 is 0.519 bits per heavy atom. The summed E-state index contributed by atoms with van der Waals surface area (Å²) in [5.41, 5.74) is 48.9. The third-order valence-electron chi connectivity index (χ3n) is 23.8. The number of benzene rings is 16. The summed E-state index contributed by atoms with van der Waals surface area (Å²) in [6.45, 7) is 10.2. The topological polar surface area (TPSA) is 13.0 Å². The van der Waals surface area contributed by atoms with E-state index in [1.165, 1.54) is 201 Å². The van der Waals surface area contributed by atoms with Crippen LogP contribution < -0.4 is 85.2 Å². The largest absolute Gasteiger partial charge is 0.312 e. The Morgan fingerprint density at radius 3 is 1.04 bits per heavy atom. The molecule has 0 aromatic heterocycles. The first-order valence-electron chi connectivity index (χ1n) is 38.0. The molecule has 0 aliphatic carbocycles. The fourth-order valence-corrected chi connectivity index (χ4v) is 19.6. The van der Waals surface area contributed by atoms with Gasteiger partial charge in [0.1, 0.15) is 0 Å². The van der Waals surface area contributed by atoms with E-state index in [4.69, 9.17) is 0 Å². The van der Waals surface area contributed by atoms with Crippen LogP contribution in [0.2, 0.25) is 0 Å². The van der Waals surface area contributed by atoms with Crippen LogP contribution in [0, 0.1) is 27.7 Å². The summed E-state index contributed by atoms with van der Waals surface area (Å²) < 4.78 is 0. The average molecular weight is 1370 g/mol. The molecule has 16 aromatic carbocycles. The Morgan fingerprint density at radius 1 is 0.176 bits per heavy atom. The molecule has 16 aromatic rings. The van der Waals surface area contributed by atoms with Gasteiger partial charge < -0.3 is 19.6 Å². The van der Waals surface area contributed by atoms with E-state index in [0.29, 0.717) is 26.9 Å². The smallest absolute Gasteiger partial charge is 0.248 e. The normalized spacial score (nSPS) is 13.2. The van der Waals surface area contributed by atoms with Gasteiger partial charge in [0.15, 0.2) is 0 Å². The zero-order valence-corrected chi connectivity index (χ0v) is 60.7. The molecule has 8 aliphatic rings. The predicted octanol–water partition coefficient (Wildman–Crippen LogP) is 17.1. The molecule has 0 saturated carbocycles. The molecule has 24 rings (SSSR count). The molecule has 0 unspecified atom stereocenters. The van der Waals surface area contributed by atoms with E-state index in [2.05, 4.69) is 411 Å². The molecule has 108 heavy (non-hydrogen) atoms. The van der Waals surface area contributed by atoms with Crippen LogP contribution in [-0.4, -0.2) is 26.9 Å². The quantitative estimate of drug-likeness (QED) is 0.163. The van der Waals surface area contributed by atoms with Crippen molar-refractivity contribution in [3.8, 4) is 44.5 Å². The maximum atomic E-state index is 2.43. The average Bonchev–Trinajstić information content (AvgIpc) is 1.55. The summed E-state index contributed by atoms with van der Waals surface area (Å²) in [5, 5.41) is 0. The summed E-state index contributed by atoms with van der Waals surface area (Å²) in [6.07, 6.45) is 0. The van der Waals surface area contributed by atoms with Crippen LogP contribution in [0.15, 0.2) is 364 Å². The lowest BCUT2D eigenvalue weighted by atomic mass is 9.36. The van der Waals surface area contributed by atoms with Crippen LogP contribution in [0.5, 0.6) is 0 Å². The maximum Gasteiger partial charge on any atom is 0.248 e. The lowest BCUT2D eigenvalue weighted by Gasteiger charge is -2.36. The van der Waals surface area contributed by atoms with Crippen molar-refractivity contribution < 1.29 is 0 Å². The van der Waals surface area contributed by atoms with E-state index in [1.54, 1.807) is 0 Å². The van der Waals surface area contributed by atoms with Gasteiger partial charge in [0.25, 0.3) is 0 Å². The van der Waals surface area contributed by atoms with Gasteiger partial charge >= 0.3 is 0 Å². The Kier molecular flexibility index (Phi) is 14.9. The number of aryl methyl sites for hydroxylation is 4. The molecule has 0 atom stereocenters. The van der Waals surface area contributed by atoms with Crippen LogP contribution in [0.1, 0.15) is 22.3 Å². The molecule has 8 aliphatic heterocycles. The highest BCUT2D eigenvalue weighted by atomic mass is 15.2. The van der Waals surface area contributed by atoms with Gasteiger partial charge in [-0.25, -0.2) is 0 Å². The highest BCUT2D eigenvalue weighted by molar-refractivity contribution is 7.03. The van der Waals surface area contributed by atoms with E-state index in [-0.39, 0.29) is 0 Å². The second-order valence-corrected chi connectivity index (χ2v) is 29.9. The summed E-state index contributed by atoms with van der Waals surface area (Å²) in [7, 11) is 0. The van der Waals surface area contributed by atoms with Gasteiger partial charge in [0, 0.05) is 68.2 Å². The first kappa shape index (κ1) is 63.5. The minimum atomic E-state index is 0.322. The Balaban J connectivity index is 0.0000000919. The Bertz CT molecular complexity index is 6230. The monoisotopic (exact) mass is 1370 g/mol. The molecule has 8 heteroatoms. The molecule has 0 radical (unpaired) electrons. The first-order chi connectivity index (χ1) is 53.3. The van der Waals surface area contributed by atoms with Gasteiger partial charge in [-0.1, -0.05) is 300 Å². The van der Waals surface area contributed by atoms with Gasteiger partial charge in [0.05, 0.1) is 0 Å². The Hall–Kier alpha value is -13.0. The molecule has 504 valence electrons. The van der Waals surface area contributed by atoms with Crippen molar-refractivity contribution in [1.29, 1.82) is 0 Å². The van der Waals surface area contributed by atoms with Gasteiger partial charge in [-0.3, -0.25) is 0 Å². The van der Waals surface area contributed by atoms with Gasteiger partial charge in [-0.05, 0) is 224 Å². The minimum absolute atomic E-state index is 0.322. The maximum absolute atomic E-state index is 2.43. The number of para-hydroxylation sites is 8. The second-order valence-electron chi connectivity index (χ2n) is 29.9. The molecule has 0 fully saturated rings. The van der Waals surface area contributed by atoms with Gasteiger partial charge in [0.2, 0.25) is 26.9 Å². The minimum Gasteiger partial charge on any atom is -0.312 e. The lowest BCUT2D eigenvalue weighted by molar-refractivity contribution is 1.28. The zero-order valence-electron chi connectivity index (χ0n) is 60.7. The van der Waals surface area contributed by atoms with Gasteiger partial charge in [-0.15, -0.1) is 0 Å². The van der Waals surface area contributed by atoms with Crippen molar-refractivity contribution in [1.82, 2.24) is 0 Å². The van der Waals surface area contributed by atoms with E-state index in [9.17, 15) is 0 Å². The van der Waals surface area contributed by atoms with Crippen molar-refractivity contribution in [3.05, 3.63) is 386 Å². The van der Waals surface area contributed by atoms with E-state index >= 15 is 0 Å². The lowest BCUT2D eigenvalue weighted by Crippen LogP contribution is -2.55. The van der Waals surface area contributed by atoms with E-state index < -0.39 is 0 Å². The number of anilines is 12. The van der Waals surface area contributed by atoms with Crippen molar-refractivity contribution >= 4 is 161 Å². The molecule has 0 amide bonds. The fraction of sp³-hybridized carbons (Fsp3) is 0.0400. The number of nitrogens with zero attached hydrogens (tertiary/aromatic N) is 4. The highest BCUT2D eigenvalue weighted by Crippen LogP contribution is 2.46. The van der Waals surface area contributed by atoms with Crippen LogP contribution >= 0.6 is 0 Å². The van der Waals surface area contributed by atoms with Gasteiger partial charge in [-0.2, -0.15) is 0 Å². The molecule has 0 N–H and O–H groups in total. The van der Waals surface area contributed by atoms with Crippen molar-refractivity contribution in [3.63, 3.8) is 0 Å². The van der Waals surface area contributed by atoms with Crippen LogP contribution in [0.3, 0.4) is 0 Å². The number of rotatable bonds is 4. The van der Waals surface area contributed by atoms with E-state index in [0.717, 1.165) is 0 Å². The zero-order chi connectivity index (χ0) is 71.8. The third-order valence-corrected chi connectivity index (χ3v) is 23.8. The number of hydrogen-bond acceptors (Lipinski definition) is 4. The molecule has 8 heterocycles. The first-order valence-corrected chi connectivity index (χ1v) is 38.0. The van der Waals surface area contributed by atoms with Crippen molar-refractivity contribution in [2.24, 2.45) is 0 Å². The number of hydrogen-bond donors (Lipinski definition) is 0. The van der Waals surface area contributed by atoms with Crippen LogP contribution in [-0.2, 0) is 0 Å². The van der Waals surface area contributed by atoms with Crippen LogP contribution in [0.4, 0.5) is 68.2 Å². The third kappa shape index (κ3) is 9.69. The summed E-state index contributed by atoms with van der Waals surface area (Å²) in [5.74, 6) is 0. The Labute approximate surface area is 634 Å². The standard InChI is InChI=1S/4C25H18BN/c1-17-9-7-12-19-20-13-8-16-23-25(20)26(24(17)19)21-14-5-6-15-22(21)27(23)18-10-3-2-4-11-18;1-17-15-20-19-11-5-6-12-21(19)26-22-13-7-8-14-23(22)27(24(16-17)25(20)26)18-9-3-2-4-10-18;1-17-15-16-23-25-24(17)19-11-5-6-12-20(19)26(25)21-13-7-8-14-22(21)27(23)18-9-3-2-4-10-18;1-17-14-15-19-20-10-7-13-24-25(20)26(22(19)16-17)21-11-5-6-12-23(21)27(24)18-8-3-2-4-9-18/h4*2-16H,1H3. The second kappa shape index (κ2) is 25.4. The molecular weight excluding hydrogens is 1300 g/mol. The molecular formula is C100H72B4N4. The predicted molar refractivity (Wildman–Crippen MR) is 464 cm³/mol. The summed E-state index contributed by atoms with van der Waals surface area (Å²) in [4.78, 5) is 9.70.